The molecule has 0 aromatic heterocycles. The molecule has 0 radical (unpaired) electrons. The van der Waals surface area contributed by atoms with E-state index < -0.39 is 16.0 Å². The molecule has 1 rings (SSSR count). The van der Waals surface area contributed by atoms with Crippen molar-refractivity contribution < 1.29 is 12.3 Å². The lowest BCUT2D eigenvalue weighted by atomic mass is 10.1. The summed E-state index contributed by atoms with van der Waals surface area (Å²) in [7, 11) is -4.30. The third kappa shape index (κ3) is 3.67. The minimum Gasteiger partial charge on any atom is -0.327 e. The highest BCUT2D eigenvalue weighted by molar-refractivity contribution is 7.86. The van der Waals surface area contributed by atoms with E-state index in [1.54, 1.807) is 0 Å². The number of hydrogen-bond donors (Lipinski definition) is 1. The molecule has 1 aliphatic rings. The summed E-state index contributed by atoms with van der Waals surface area (Å²) in [6, 6.07) is -0.125. The van der Waals surface area contributed by atoms with Crippen molar-refractivity contribution in [1.29, 1.82) is 0 Å². The van der Waals surface area contributed by atoms with Crippen LogP contribution in [-0.4, -0.2) is 20.2 Å². The molecule has 0 spiro atoms. The molecule has 1 saturated carbocycles. The summed E-state index contributed by atoms with van der Waals surface area (Å²) in [5, 5.41) is 0. The van der Waals surface area contributed by atoms with E-state index in [0.717, 1.165) is 12.8 Å². The van der Waals surface area contributed by atoms with Gasteiger partial charge in [0.15, 0.2) is 0 Å². The highest BCUT2D eigenvalue weighted by Crippen LogP contribution is 2.32. The first-order chi connectivity index (χ1) is 4.99. The van der Waals surface area contributed by atoms with Crippen molar-refractivity contribution in [3.05, 3.63) is 0 Å². The van der Waals surface area contributed by atoms with Gasteiger partial charge in [-0.1, -0.05) is 0 Å². The minimum atomic E-state index is -4.30. The van der Waals surface area contributed by atoms with Crippen molar-refractivity contribution in [3.8, 4) is 0 Å². The van der Waals surface area contributed by atoms with Crippen molar-refractivity contribution in [2.45, 2.75) is 25.3 Å². The molecule has 0 aromatic rings. The molecule has 0 saturated heterocycles. The third-order valence-electron chi connectivity index (χ3n) is 1.92. The van der Waals surface area contributed by atoms with Crippen LogP contribution in [0.5, 0.6) is 0 Å². The minimum absolute atomic E-state index is 0.125. The number of halogens is 1. The molecule has 1 fully saturated rings. The molecule has 0 amide bonds. The maximum atomic E-state index is 11.9. The summed E-state index contributed by atoms with van der Waals surface area (Å²) in [4.78, 5) is 0. The van der Waals surface area contributed by atoms with Crippen molar-refractivity contribution in [3.63, 3.8) is 0 Å². The summed E-state index contributed by atoms with van der Waals surface area (Å²) in [5.41, 5.74) is 5.56. The van der Waals surface area contributed by atoms with E-state index in [-0.39, 0.29) is 12.5 Å². The predicted molar refractivity (Wildman–Crippen MR) is 40.2 cm³/mol. The Hall–Kier alpha value is -0.160. The van der Waals surface area contributed by atoms with E-state index in [9.17, 15) is 12.3 Å². The second-order valence-corrected chi connectivity index (χ2v) is 4.52. The van der Waals surface area contributed by atoms with Crippen LogP contribution in [0.15, 0.2) is 0 Å². The number of rotatable bonds is 4. The van der Waals surface area contributed by atoms with E-state index in [4.69, 9.17) is 5.73 Å². The van der Waals surface area contributed by atoms with Gasteiger partial charge in [0.1, 0.15) is 0 Å². The average molecular weight is 181 g/mol. The van der Waals surface area contributed by atoms with Crippen LogP contribution >= 0.6 is 0 Å². The van der Waals surface area contributed by atoms with E-state index >= 15 is 0 Å². The van der Waals surface area contributed by atoms with Gasteiger partial charge in [-0.15, -0.1) is 3.89 Å². The predicted octanol–water partition coefficient (Wildman–Crippen LogP) is 0.413. The first-order valence-electron chi connectivity index (χ1n) is 3.67. The van der Waals surface area contributed by atoms with Crippen LogP contribution in [0.25, 0.3) is 0 Å². The molecule has 0 aliphatic heterocycles. The molecular formula is C6H12FNO2S. The van der Waals surface area contributed by atoms with Gasteiger partial charge in [0.05, 0.1) is 5.75 Å². The van der Waals surface area contributed by atoms with Gasteiger partial charge in [0.25, 0.3) is 0 Å². The Morgan fingerprint density at radius 2 is 2.09 bits per heavy atom. The van der Waals surface area contributed by atoms with Crippen LogP contribution in [0.2, 0.25) is 0 Å². The van der Waals surface area contributed by atoms with Gasteiger partial charge < -0.3 is 5.73 Å². The molecule has 0 bridgehead atoms. The Morgan fingerprint density at radius 3 is 2.45 bits per heavy atom. The molecule has 1 atom stereocenters. The van der Waals surface area contributed by atoms with E-state index in [1.165, 1.54) is 0 Å². The third-order valence-corrected chi connectivity index (χ3v) is 2.65. The molecule has 66 valence electrons. The van der Waals surface area contributed by atoms with Crippen molar-refractivity contribution in [2.24, 2.45) is 11.7 Å². The van der Waals surface area contributed by atoms with E-state index in [2.05, 4.69) is 0 Å². The summed E-state index contributed by atoms with van der Waals surface area (Å²) >= 11 is 0. The molecule has 3 nitrogen and oxygen atoms in total. The van der Waals surface area contributed by atoms with Crippen molar-refractivity contribution in [2.75, 3.05) is 5.75 Å². The summed E-state index contributed by atoms with van der Waals surface area (Å²) < 4.78 is 32.1. The first kappa shape index (κ1) is 8.93. The molecule has 5 heteroatoms. The van der Waals surface area contributed by atoms with Gasteiger partial charge in [-0.05, 0) is 25.2 Å². The van der Waals surface area contributed by atoms with E-state index in [0.29, 0.717) is 5.92 Å². The SMILES string of the molecule is NC(CCS(=O)(=O)F)C1CC1. The van der Waals surface area contributed by atoms with Crippen LogP contribution in [0.1, 0.15) is 19.3 Å². The van der Waals surface area contributed by atoms with Crippen LogP contribution in [0.4, 0.5) is 3.89 Å². The quantitative estimate of drug-likeness (QED) is 0.639. The summed E-state index contributed by atoms with van der Waals surface area (Å²) in [5.74, 6) is 0.0155. The second kappa shape index (κ2) is 3.06. The van der Waals surface area contributed by atoms with Crippen molar-refractivity contribution >= 4 is 10.2 Å². The average Bonchev–Trinajstić information content (AvgIpc) is 2.61. The molecular weight excluding hydrogens is 169 g/mol. The smallest absolute Gasteiger partial charge is 0.302 e. The molecule has 0 aromatic carbocycles. The summed E-state index contributed by atoms with van der Waals surface area (Å²) in [6.07, 6.45) is 2.38. The first-order valence-corrected chi connectivity index (χ1v) is 5.22. The van der Waals surface area contributed by atoms with Crippen LogP contribution in [-0.2, 0) is 10.2 Å². The zero-order valence-electron chi connectivity index (χ0n) is 6.16. The molecule has 1 aliphatic carbocycles. The normalized spacial score (nSPS) is 21.6. The lowest BCUT2D eigenvalue weighted by Gasteiger charge is -2.06. The Bertz CT molecular complexity index is 223. The van der Waals surface area contributed by atoms with E-state index in [1.807, 2.05) is 0 Å². The Morgan fingerprint density at radius 1 is 1.55 bits per heavy atom. The summed E-state index contributed by atoms with van der Waals surface area (Å²) in [6.45, 7) is 0. The number of hydrogen-bond acceptors (Lipinski definition) is 3. The standard InChI is InChI=1S/C6H12FNO2S/c7-11(9,10)4-3-6(8)5-1-2-5/h5-6H,1-4,8H2. The zero-order chi connectivity index (χ0) is 8.48. The maximum Gasteiger partial charge on any atom is 0.302 e. The van der Waals surface area contributed by atoms with Gasteiger partial charge >= 0.3 is 10.2 Å². The van der Waals surface area contributed by atoms with Gasteiger partial charge in [0.2, 0.25) is 0 Å². The van der Waals surface area contributed by atoms with Gasteiger partial charge in [-0.25, -0.2) is 0 Å². The van der Waals surface area contributed by atoms with Crippen LogP contribution in [0, 0.1) is 5.92 Å². The van der Waals surface area contributed by atoms with Crippen LogP contribution in [0.3, 0.4) is 0 Å². The van der Waals surface area contributed by atoms with Crippen LogP contribution < -0.4 is 5.73 Å². The molecule has 1 unspecified atom stereocenters. The lowest BCUT2D eigenvalue weighted by molar-refractivity contribution is 0.529. The topological polar surface area (TPSA) is 60.2 Å². The second-order valence-electron chi connectivity index (χ2n) is 3.03. The lowest BCUT2D eigenvalue weighted by Crippen LogP contribution is -2.24. The fourth-order valence-corrected chi connectivity index (χ4v) is 1.59. The fraction of sp³-hybridized carbons (Fsp3) is 1.00. The van der Waals surface area contributed by atoms with Gasteiger partial charge in [0, 0.05) is 6.04 Å². The van der Waals surface area contributed by atoms with Crippen molar-refractivity contribution in [1.82, 2.24) is 0 Å². The maximum absolute atomic E-state index is 11.9. The zero-order valence-corrected chi connectivity index (χ0v) is 6.98. The van der Waals surface area contributed by atoms with Gasteiger partial charge in [-0.2, -0.15) is 8.42 Å². The largest absolute Gasteiger partial charge is 0.327 e. The number of nitrogens with two attached hydrogens (primary N) is 1. The molecule has 2 N–H and O–H groups in total. The van der Waals surface area contributed by atoms with Gasteiger partial charge in [-0.3, -0.25) is 0 Å². The highest BCUT2D eigenvalue weighted by atomic mass is 32.3. The Labute approximate surface area is 66.0 Å². The Balaban J connectivity index is 2.21. The molecule has 0 heterocycles. The molecule has 11 heavy (non-hydrogen) atoms. The monoisotopic (exact) mass is 181 g/mol. The Kier molecular flexibility index (Phi) is 2.49. The highest BCUT2D eigenvalue weighted by Gasteiger charge is 2.29. The fourth-order valence-electron chi connectivity index (χ4n) is 1.04.